The average Bonchev–Trinajstić information content (AvgIpc) is 2.39. The summed E-state index contributed by atoms with van der Waals surface area (Å²) >= 11 is 0. The van der Waals surface area contributed by atoms with Gasteiger partial charge in [0, 0.05) is 6.04 Å². The summed E-state index contributed by atoms with van der Waals surface area (Å²) in [4.78, 5) is 0. The Balaban J connectivity index is 2.80. The average molecular weight is 264 g/mol. The molecular weight excluding hydrogens is 236 g/mol. The van der Waals surface area contributed by atoms with Gasteiger partial charge in [0.15, 0.2) is 0 Å². The van der Waals surface area contributed by atoms with E-state index in [2.05, 4.69) is 41.8 Å². The number of ether oxygens (including phenoxy) is 1. The van der Waals surface area contributed by atoms with Gasteiger partial charge < -0.3 is 15.4 Å². The monoisotopic (exact) mass is 264 g/mol. The van der Waals surface area contributed by atoms with E-state index in [0.29, 0.717) is 12.0 Å². The third kappa shape index (κ3) is 4.84. The van der Waals surface area contributed by atoms with E-state index in [4.69, 9.17) is 4.74 Å². The Kier molecular flexibility index (Phi) is 6.89. The molecule has 0 spiro atoms. The first-order chi connectivity index (χ1) is 9.12. The van der Waals surface area contributed by atoms with Gasteiger partial charge in [-0.3, -0.25) is 0 Å². The van der Waals surface area contributed by atoms with Crippen molar-refractivity contribution in [1.29, 1.82) is 0 Å². The molecule has 0 heterocycles. The maximum absolute atomic E-state index is 5.68. The molecule has 2 atom stereocenters. The van der Waals surface area contributed by atoms with Crippen LogP contribution in [0.5, 0.6) is 5.75 Å². The second kappa shape index (κ2) is 8.18. The van der Waals surface area contributed by atoms with E-state index < -0.39 is 0 Å². The molecule has 0 aliphatic carbocycles. The van der Waals surface area contributed by atoms with Crippen molar-refractivity contribution in [3.05, 3.63) is 29.8 Å². The third-order valence-corrected chi connectivity index (χ3v) is 3.38. The lowest BCUT2D eigenvalue weighted by Crippen LogP contribution is -2.31. The summed E-state index contributed by atoms with van der Waals surface area (Å²) in [5.41, 5.74) is 1.32. The lowest BCUT2D eigenvalue weighted by molar-refractivity contribution is 0.242. The molecule has 0 aromatic heterocycles. The molecule has 0 aliphatic heterocycles. The van der Waals surface area contributed by atoms with E-state index in [1.165, 1.54) is 5.56 Å². The minimum absolute atomic E-state index is 0.221. The maximum Gasteiger partial charge on any atom is 0.119 e. The van der Waals surface area contributed by atoms with E-state index in [9.17, 15) is 0 Å². The Bertz CT molecular complexity index is 348. The fourth-order valence-corrected chi connectivity index (χ4v) is 2.46. The molecule has 0 saturated carbocycles. The molecule has 3 nitrogen and oxygen atoms in total. The number of benzene rings is 1. The fraction of sp³-hybridized carbons (Fsp3) is 0.625. The summed E-state index contributed by atoms with van der Waals surface area (Å²) in [5.74, 6) is 1.53. The molecule has 19 heavy (non-hydrogen) atoms. The molecule has 1 aromatic rings. The zero-order valence-electron chi connectivity index (χ0n) is 12.9. The van der Waals surface area contributed by atoms with Gasteiger partial charge in [0.05, 0.1) is 6.10 Å². The molecule has 2 N–H and O–H groups in total. The van der Waals surface area contributed by atoms with Gasteiger partial charge in [-0.05, 0) is 58.1 Å². The molecule has 0 saturated heterocycles. The van der Waals surface area contributed by atoms with E-state index in [-0.39, 0.29) is 6.10 Å². The van der Waals surface area contributed by atoms with Gasteiger partial charge in [0.2, 0.25) is 0 Å². The second-order valence-electron chi connectivity index (χ2n) is 5.23. The first-order valence-corrected chi connectivity index (χ1v) is 7.20. The molecule has 0 amide bonds. The highest BCUT2D eigenvalue weighted by Gasteiger charge is 2.19. The predicted octanol–water partition coefficient (Wildman–Crippen LogP) is 2.98. The molecule has 1 rings (SSSR count). The number of rotatable bonds is 8. The van der Waals surface area contributed by atoms with Crippen molar-refractivity contribution in [3.8, 4) is 5.75 Å². The Morgan fingerprint density at radius 2 is 1.74 bits per heavy atom. The first kappa shape index (κ1) is 16.0. The van der Waals surface area contributed by atoms with Gasteiger partial charge in [0.25, 0.3) is 0 Å². The first-order valence-electron chi connectivity index (χ1n) is 7.20. The lowest BCUT2D eigenvalue weighted by atomic mass is 9.91. The van der Waals surface area contributed by atoms with Crippen LogP contribution in [0.2, 0.25) is 0 Å². The summed E-state index contributed by atoms with van der Waals surface area (Å²) in [6.45, 7) is 7.35. The van der Waals surface area contributed by atoms with Crippen molar-refractivity contribution < 1.29 is 4.74 Å². The molecular formula is C16H28N2O. The number of hydrogen-bond donors (Lipinski definition) is 2. The largest absolute Gasteiger partial charge is 0.491 e. The van der Waals surface area contributed by atoms with Crippen molar-refractivity contribution in [2.45, 2.75) is 39.3 Å². The summed E-state index contributed by atoms with van der Waals surface area (Å²) in [5, 5.41) is 6.71. The van der Waals surface area contributed by atoms with Crippen molar-refractivity contribution in [2.75, 3.05) is 20.6 Å². The van der Waals surface area contributed by atoms with Gasteiger partial charge in [-0.15, -0.1) is 0 Å². The molecule has 0 aliphatic rings. The fourth-order valence-electron chi connectivity index (χ4n) is 2.46. The molecule has 0 radical (unpaired) electrons. The third-order valence-electron chi connectivity index (χ3n) is 3.38. The molecule has 0 fully saturated rings. The summed E-state index contributed by atoms with van der Waals surface area (Å²) in [6, 6.07) is 8.83. The Morgan fingerprint density at radius 3 is 2.16 bits per heavy atom. The van der Waals surface area contributed by atoms with Gasteiger partial charge in [-0.1, -0.05) is 25.5 Å². The van der Waals surface area contributed by atoms with Crippen LogP contribution in [0.15, 0.2) is 24.3 Å². The van der Waals surface area contributed by atoms with Crippen LogP contribution in [0.25, 0.3) is 0 Å². The van der Waals surface area contributed by atoms with E-state index in [1.54, 1.807) is 0 Å². The minimum Gasteiger partial charge on any atom is -0.491 e. The van der Waals surface area contributed by atoms with Crippen molar-refractivity contribution in [2.24, 2.45) is 5.92 Å². The highest BCUT2D eigenvalue weighted by atomic mass is 16.5. The molecule has 108 valence electrons. The molecule has 1 aromatic carbocycles. The van der Waals surface area contributed by atoms with Crippen LogP contribution in [-0.2, 0) is 0 Å². The van der Waals surface area contributed by atoms with Crippen LogP contribution >= 0.6 is 0 Å². The standard InChI is InChI=1S/C16H28N2O/c1-6-13(11-17-4)16(18-5)14-7-9-15(10-8-14)19-12(2)3/h7-10,12-13,16-18H,6,11H2,1-5H3. The smallest absolute Gasteiger partial charge is 0.119 e. The van der Waals surface area contributed by atoms with Crippen molar-refractivity contribution in [3.63, 3.8) is 0 Å². The molecule has 2 unspecified atom stereocenters. The Hall–Kier alpha value is -1.06. The zero-order chi connectivity index (χ0) is 14.3. The van der Waals surface area contributed by atoms with Gasteiger partial charge >= 0.3 is 0 Å². The van der Waals surface area contributed by atoms with E-state index in [0.717, 1.165) is 18.7 Å². The van der Waals surface area contributed by atoms with Crippen LogP contribution in [0.1, 0.15) is 38.8 Å². The Morgan fingerprint density at radius 1 is 1.11 bits per heavy atom. The van der Waals surface area contributed by atoms with Crippen LogP contribution in [-0.4, -0.2) is 26.7 Å². The number of hydrogen-bond acceptors (Lipinski definition) is 3. The van der Waals surface area contributed by atoms with Crippen LogP contribution in [0.4, 0.5) is 0 Å². The van der Waals surface area contributed by atoms with Crippen LogP contribution in [0, 0.1) is 5.92 Å². The normalized spacial score (nSPS) is 14.4. The number of nitrogens with one attached hydrogen (secondary N) is 2. The minimum atomic E-state index is 0.221. The van der Waals surface area contributed by atoms with E-state index >= 15 is 0 Å². The quantitative estimate of drug-likeness (QED) is 0.757. The second-order valence-corrected chi connectivity index (χ2v) is 5.23. The summed E-state index contributed by atoms with van der Waals surface area (Å²) in [6.07, 6.45) is 1.37. The van der Waals surface area contributed by atoms with Gasteiger partial charge in [-0.2, -0.15) is 0 Å². The van der Waals surface area contributed by atoms with Crippen LogP contribution < -0.4 is 15.4 Å². The Labute approximate surface area is 117 Å². The van der Waals surface area contributed by atoms with Crippen molar-refractivity contribution in [1.82, 2.24) is 10.6 Å². The SMILES string of the molecule is CCC(CNC)C(NC)c1ccc(OC(C)C)cc1. The lowest BCUT2D eigenvalue weighted by Gasteiger charge is -2.26. The molecule has 0 bridgehead atoms. The van der Waals surface area contributed by atoms with Gasteiger partial charge in [0.1, 0.15) is 5.75 Å². The highest BCUT2D eigenvalue weighted by Crippen LogP contribution is 2.26. The summed E-state index contributed by atoms with van der Waals surface area (Å²) < 4.78 is 5.68. The van der Waals surface area contributed by atoms with E-state index in [1.807, 2.05) is 27.9 Å². The topological polar surface area (TPSA) is 33.3 Å². The highest BCUT2D eigenvalue weighted by molar-refractivity contribution is 5.29. The zero-order valence-corrected chi connectivity index (χ0v) is 12.9. The molecule has 3 heteroatoms. The van der Waals surface area contributed by atoms with Crippen molar-refractivity contribution >= 4 is 0 Å². The maximum atomic E-state index is 5.68. The summed E-state index contributed by atoms with van der Waals surface area (Å²) in [7, 11) is 4.04. The van der Waals surface area contributed by atoms with Crippen LogP contribution in [0.3, 0.4) is 0 Å². The predicted molar refractivity (Wildman–Crippen MR) is 81.7 cm³/mol. The van der Waals surface area contributed by atoms with Gasteiger partial charge in [-0.25, -0.2) is 0 Å².